The number of hydrogen-bond donors (Lipinski definition) is 1. The van der Waals surface area contributed by atoms with Crippen LogP contribution in [0.25, 0.3) is 0 Å². The molecule has 0 saturated carbocycles. The summed E-state index contributed by atoms with van der Waals surface area (Å²) in [6, 6.07) is 2.73. The predicted molar refractivity (Wildman–Crippen MR) is 62.6 cm³/mol. The Balaban J connectivity index is 2.61. The zero-order chi connectivity index (χ0) is 13.1. The van der Waals surface area contributed by atoms with Crippen molar-refractivity contribution in [3.8, 4) is 0 Å². The van der Waals surface area contributed by atoms with Crippen LogP contribution in [-0.4, -0.2) is 33.7 Å². The Morgan fingerprint density at radius 2 is 2.18 bits per heavy atom. The minimum absolute atomic E-state index is 0.189. The Labute approximate surface area is 102 Å². The number of carboxylic acids is 1. The Kier molecular flexibility index (Phi) is 4.47. The van der Waals surface area contributed by atoms with E-state index >= 15 is 0 Å². The number of methoxy groups -OCH3 is 1. The van der Waals surface area contributed by atoms with Gasteiger partial charge < -0.3 is 14.3 Å². The summed E-state index contributed by atoms with van der Waals surface area (Å²) in [5.74, 6) is -0.988. The molecule has 1 unspecified atom stereocenters. The van der Waals surface area contributed by atoms with Crippen LogP contribution in [0.15, 0.2) is 21.6 Å². The Morgan fingerprint density at radius 1 is 1.53 bits per heavy atom. The lowest BCUT2D eigenvalue weighted by Gasteiger charge is -2.21. The van der Waals surface area contributed by atoms with Crippen molar-refractivity contribution in [1.29, 1.82) is 0 Å². The average molecular weight is 260 g/mol. The van der Waals surface area contributed by atoms with E-state index in [2.05, 4.69) is 0 Å². The van der Waals surface area contributed by atoms with E-state index in [9.17, 15) is 9.00 Å². The largest absolute Gasteiger partial charge is 0.475 e. The van der Waals surface area contributed by atoms with Crippen LogP contribution in [-0.2, 0) is 15.5 Å². The van der Waals surface area contributed by atoms with E-state index in [4.69, 9.17) is 14.3 Å². The van der Waals surface area contributed by atoms with Gasteiger partial charge >= 0.3 is 5.97 Å². The molecule has 6 heteroatoms. The maximum atomic E-state index is 11.8. The summed E-state index contributed by atoms with van der Waals surface area (Å²) in [5.41, 5.74) is -0.349. The monoisotopic (exact) mass is 260 g/mol. The molecule has 17 heavy (non-hydrogen) atoms. The number of carbonyl (C=O) groups is 1. The normalized spacial score (nSPS) is 13.6. The summed E-state index contributed by atoms with van der Waals surface area (Å²) in [6.07, 6.45) is 0.596. The van der Waals surface area contributed by atoms with Crippen LogP contribution in [0.2, 0.25) is 0 Å². The molecule has 1 rings (SSSR count). The van der Waals surface area contributed by atoms with Gasteiger partial charge in [0.05, 0.1) is 16.4 Å². The minimum atomic E-state index is -1.34. The molecule has 1 N–H and O–H groups in total. The second-order valence-electron chi connectivity index (χ2n) is 4.19. The summed E-state index contributed by atoms with van der Waals surface area (Å²) in [4.78, 5) is 10.6. The quantitative estimate of drug-likeness (QED) is 0.845. The van der Waals surface area contributed by atoms with Gasteiger partial charge in [-0.05, 0) is 32.4 Å². The predicted octanol–water partition coefficient (Wildman–Crippen LogP) is 1.90. The summed E-state index contributed by atoms with van der Waals surface area (Å²) in [7, 11) is 0.258. The van der Waals surface area contributed by atoms with Crippen LogP contribution in [0.3, 0.4) is 0 Å². The third-order valence-corrected chi connectivity index (χ3v) is 3.70. The van der Waals surface area contributed by atoms with E-state index < -0.39 is 16.8 Å². The standard InChI is InChI=1S/C11H16O5S/c1-11(2,15-3)6-7-17(14)9-5-4-8(16-9)10(12)13/h4-5H,6-7H2,1-3H3,(H,12,13). The molecule has 0 saturated heterocycles. The molecule has 0 aliphatic carbocycles. The van der Waals surface area contributed by atoms with Crippen molar-refractivity contribution in [1.82, 2.24) is 0 Å². The van der Waals surface area contributed by atoms with Gasteiger partial charge in [-0.15, -0.1) is 0 Å². The summed E-state index contributed by atoms with van der Waals surface area (Å²) >= 11 is 0. The molecule has 1 aromatic heterocycles. The van der Waals surface area contributed by atoms with Crippen LogP contribution >= 0.6 is 0 Å². The number of hydrogen-bond acceptors (Lipinski definition) is 4. The maximum absolute atomic E-state index is 11.8. The SMILES string of the molecule is COC(C)(C)CCS(=O)c1ccc(C(=O)O)o1. The number of furan rings is 1. The molecule has 1 aromatic rings. The molecule has 0 radical (unpaired) electrons. The molecular weight excluding hydrogens is 244 g/mol. The fourth-order valence-corrected chi connectivity index (χ4v) is 2.38. The fourth-order valence-electron chi connectivity index (χ4n) is 1.10. The molecule has 0 bridgehead atoms. The van der Waals surface area contributed by atoms with Crippen molar-refractivity contribution >= 4 is 16.8 Å². The number of carboxylic acid groups (broad SMARTS) is 1. The van der Waals surface area contributed by atoms with E-state index in [-0.39, 0.29) is 16.5 Å². The summed E-state index contributed by atoms with van der Waals surface area (Å²) < 4.78 is 22.0. The number of rotatable bonds is 6. The average Bonchev–Trinajstić information content (AvgIpc) is 2.75. The second-order valence-corrected chi connectivity index (χ2v) is 5.69. The van der Waals surface area contributed by atoms with Crippen molar-refractivity contribution in [2.45, 2.75) is 31.0 Å². The topological polar surface area (TPSA) is 76.7 Å². The molecule has 0 aliphatic heterocycles. The molecule has 1 atom stereocenters. The third kappa shape index (κ3) is 3.98. The third-order valence-electron chi connectivity index (χ3n) is 2.46. The van der Waals surface area contributed by atoms with Gasteiger partial charge in [0, 0.05) is 12.9 Å². The highest BCUT2D eigenvalue weighted by atomic mass is 32.2. The molecule has 0 spiro atoms. The van der Waals surface area contributed by atoms with Gasteiger partial charge in [0.2, 0.25) is 5.76 Å². The van der Waals surface area contributed by atoms with Crippen LogP contribution in [0.4, 0.5) is 0 Å². The Morgan fingerprint density at radius 3 is 2.65 bits per heavy atom. The van der Waals surface area contributed by atoms with Crippen LogP contribution in [0.1, 0.15) is 30.8 Å². The van der Waals surface area contributed by atoms with Crippen LogP contribution in [0.5, 0.6) is 0 Å². The highest BCUT2D eigenvalue weighted by Gasteiger charge is 2.20. The lowest BCUT2D eigenvalue weighted by Crippen LogP contribution is -2.24. The smallest absolute Gasteiger partial charge is 0.371 e. The zero-order valence-electron chi connectivity index (χ0n) is 10.1. The summed E-state index contributed by atoms with van der Waals surface area (Å²) in [6.45, 7) is 3.80. The lowest BCUT2D eigenvalue weighted by atomic mass is 10.1. The van der Waals surface area contributed by atoms with E-state index in [1.807, 2.05) is 13.8 Å². The van der Waals surface area contributed by atoms with Crippen molar-refractivity contribution < 1.29 is 23.3 Å². The van der Waals surface area contributed by atoms with Crippen molar-refractivity contribution in [2.75, 3.05) is 12.9 Å². The van der Waals surface area contributed by atoms with Gasteiger partial charge in [-0.2, -0.15) is 0 Å². The van der Waals surface area contributed by atoms with Gasteiger partial charge in [-0.1, -0.05) is 0 Å². The first-order valence-corrected chi connectivity index (χ1v) is 6.44. The van der Waals surface area contributed by atoms with Crippen LogP contribution in [0, 0.1) is 0 Å². The van der Waals surface area contributed by atoms with E-state index in [1.165, 1.54) is 12.1 Å². The highest BCUT2D eigenvalue weighted by molar-refractivity contribution is 7.84. The Hall–Kier alpha value is -1.14. The van der Waals surface area contributed by atoms with Gasteiger partial charge in [0.15, 0.2) is 5.09 Å². The first-order valence-electron chi connectivity index (χ1n) is 5.12. The van der Waals surface area contributed by atoms with E-state index in [1.54, 1.807) is 7.11 Å². The lowest BCUT2D eigenvalue weighted by molar-refractivity contribution is 0.0204. The molecule has 5 nitrogen and oxygen atoms in total. The molecule has 0 amide bonds. The second kappa shape index (κ2) is 5.46. The highest BCUT2D eigenvalue weighted by Crippen LogP contribution is 2.18. The molecule has 0 aromatic carbocycles. The minimum Gasteiger partial charge on any atom is -0.475 e. The van der Waals surface area contributed by atoms with E-state index in [0.29, 0.717) is 12.2 Å². The van der Waals surface area contributed by atoms with Crippen molar-refractivity contribution in [2.24, 2.45) is 0 Å². The van der Waals surface area contributed by atoms with Gasteiger partial charge in [0.25, 0.3) is 0 Å². The van der Waals surface area contributed by atoms with Crippen molar-refractivity contribution in [3.63, 3.8) is 0 Å². The van der Waals surface area contributed by atoms with E-state index in [0.717, 1.165) is 0 Å². The maximum Gasteiger partial charge on any atom is 0.371 e. The number of aromatic carboxylic acids is 1. The summed E-state index contributed by atoms with van der Waals surface area (Å²) in [5, 5.41) is 8.85. The van der Waals surface area contributed by atoms with Gasteiger partial charge in [-0.25, -0.2) is 4.79 Å². The molecule has 96 valence electrons. The molecule has 1 heterocycles. The van der Waals surface area contributed by atoms with Crippen LogP contribution < -0.4 is 0 Å². The Bertz CT molecular complexity index is 421. The number of ether oxygens (including phenoxy) is 1. The molecule has 0 fully saturated rings. The zero-order valence-corrected chi connectivity index (χ0v) is 10.9. The molecule has 0 aliphatic rings. The first kappa shape index (κ1) is 13.9. The van der Waals surface area contributed by atoms with Gasteiger partial charge in [0.1, 0.15) is 0 Å². The molecular formula is C11H16O5S. The van der Waals surface area contributed by atoms with Gasteiger partial charge in [-0.3, -0.25) is 4.21 Å². The fraction of sp³-hybridized carbons (Fsp3) is 0.545. The first-order chi connectivity index (χ1) is 7.85. The van der Waals surface area contributed by atoms with Crippen molar-refractivity contribution in [3.05, 3.63) is 17.9 Å².